The van der Waals surface area contributed by atoms with Crippen molar-refractivity contribution < 1.29 is 18.3 Å². The highest BCUT2D eigenvalue weighted by Gasteiger charge is 2.35. The second-order valence-corrected chi connectivity index (χ2v) is 4.54. The van der Waals surface area contributed by atoms with Gasteiger partial charge in [-0.05, 0) is 17.5 Å². The van der Waals surface area contributed by atoms with Crippen LogP contribution in [0.2, 0.25) is 0 Å². The molecular formula is C13H11F3N2O. The minimum Gasteiger partial charge on any atom is -0.392 e. The molecule has 100 valence electrons. The number of hydrogen-bond acceptors (Lipinski definition) is 2. The number of benzene rings is 1. The number of nitrogens with zero attached hydrogens (tertiary/aromatic N) is 2. The van der Waals surface area contributed by atoms with Gasteiger partial charge in [0.1, 0.15) is 5.82 Å². The lowest BCUT2D eigenvalue weighted by Crippen LogP contribution is -2.10. The van der Waals surface area contributed by atoms with Gasteiger partial charge < -0.3 is 9.67 Å². The SMILES string of the molecule is OCc1ccc2c(c1)CCn1cc(C(F)(F)F)nc1-2. The Balaban J connectivity index is 2.11. The van der Waals surface area contributed by atoms with Crippen molar-refractivity contribution in [2.45, 2.75) is 25.7 Å². The van der Waals surface area contributed by atoms with E-state index in [0.29, 0.717) is 24.4 Å². The lowest BCUT2D eigenvalue weighted by atomic mass is 9.98. The van der Waals surface area contributed by atoms with Crippen molar-refractivity contribution in [1.82, 2.24) is 9.55 Å². The number of hydrogen-bond donors (Lipinski definition) is 1. The topological polar surface area (TPSA) is 38.0 Å². The Morgan fingerprint density at radius 3 is 2.79 bits per heavy atom. The molecule has 19 heavy (non-hydrogen) atoms. The molecule has 0 saturated carbocycles. The number of alkyl halides is 3. The first-order valence-corrected chi connectivity index (χ1v) is 5.86. The number of rotatable bonds is 1. The zero-order valence-electron chi connectivity index (χ0n) is 9.91. The Hall–Kier alpha value is -1.82. The van der Waals surface area contributed by atoms with Gasteiger partial charge in [-0.1, -0.05) is 18.2 Å². The summed E-state index contributed by atoms with van der Waals surface area (Å²) in [6.45, 7) is 0.399. The zero-order chi connectivity index (χ0) is 13.6. The molecule has 3 rings (SSSR count). The number of aliphatic hydroxyl groups excluding tert-OH is 1. The summed E-state index contributed by atoms with van der Waals surface area (Å²) in [4.78, 5) is 3.69. The van der Waals surface area contributed by atoms with E-state index in [1.807, 2.05) is 6.07 Å². The minimum atomic E-state index is -4.42. The normalized spacial score (nSPS) is 14.1. The van der Waals surface area contributed by atoms with Crippen LogP contribution in [-0.4, -0.2) is 14.7 Å². The minimum absolute atomic E-state index is 0.0739. The molecule has 0 unspecified atom stereocenters. The summed E-state index contributed by atoms with van der Waals surface area (Å²) in [6, 6.07) is 5.25. The van der Waals surface area contributed by atoms with E-state index in [2.05, 4.69) is 4.98 Å². The van der Waals surface area contributed by atoms with Crippen molar-refractivity contribution in [3.05, 3.63) is 41.2 Å². The molecular weight excluding hydrogens is 257 g/mol. The van der Waals surface area contributed by atoms with Crippen molar-refractivity contribution in [1.29, 1.82) is 0 Å². The number of halogens is 3. The first kappa shape index (κ1) is 12.2. The molecule has 1 aromatic heterocycles. The number of aryl methyl sites for hydroxylation is 2. The summed E-state index contributed by atoms with van der Waals surface area (Å²) in [7, 11) is 0. The van der Waals surface area contributed by atoms with Crippen molar-refractivity contribution >= 4 is 0 Å². The molecule has 0 atom stereocenters. The van der Waals surface area contributed by atoms with Crippen LogP contribution < -0.4 is 0 Å². The maximum atomic E-state index is 12.7. The average molecular weight is 268 g/mol. The summed E-state index contributed by atoms with van der Waals surface area (Å²) < 4.78 is 39.5. The van der Waals surface area contributed by atoms with Crippen LogP contribution in [-0.2, 0) is 25.7 Å². The van der Waals surface area contributed by atoms with Gasteiger partial charge >= 0.3 is 6.18 Å². The molecule has 1 aliphatic rings. The molecule has 1 aromatic carbocycles. The Morgan fingerprint density at radius 2 is 2.11 bits per heavy atom. The van der Waals surface area contributed by atoms with Gasteiger partial charge in [0.05, 0.1) is 6.61 Å². The van der Waals surface area contributed by atoms with Gasteiger partial charge in [0.2, 0.25) is 0 Å². The van der Waals surface area contributed by atoms with Crippen LogP contribution in [0.1, 0.15) is 16.8 Å². The van der Waals surface area contributed by atoms with E-state index in [1.165, 1.54) is 4.57 Å². The van der Waals surface area contributed by atoms with Crippen LogP contribution in [0, 0.1) is 0 Å². The molecule has 1 N–H and O–H groups in total. The highest BCUT2D eigenvalue weighted by Crippen LogP contribution is 2.34. The molecule has 2 aromatic rings. The third-order valence-corrected chi connectivity index (χ3v) is 3.28. The molecule has 0 saturated heterocycles. The Bertz CT molecular complexity index is 631. The van der Waals surface area contributed by atoms with Gasteiger partial charge in [-0.2, -0.15) is 13.2 Å². The molecule has 3 nitrogen and oxygen atoms in total. The van der Waals surface area contributed by atoms with Crippen molar-refractivity contribution in [2.75, 3.05) is 0 Å². The first-order chi connectivity index (χ1) is 8.99. The smallest absolute Gasteiger partial charge is 0.392 e. The predicted octanol–water partition coefficient (Wildman–Crippen LogP) is 2.62. The third-order valence-electron chi connectivity index (χ3n) is 3.28. The van der Waals surface area contributed by atoms with Gasteiger partial charge in [-0.25, -0.2) is 4.98 Å². The lowest BCUT2D eigenvalue weighted by Gasteiger charge is -2.18. The largest absolute Gasteiger partial charge is 0.434 e. The first-order valence-electron chi connectivity index (χ1n) is 5.86. The molecule has 0 fully saturated rings. The second kappa shape index (κ2) is 4.09. The van der Waals surface area contributed by atoms with Crippen molar-refractivity contribution in [3.8, 4) is 11.4 Å². The quantitative estimate of drug-likeness (QED) is 0.863. The van der Waals surface area contributed by atoms with Gasteiger partial charge in [0.15, 0.2) is 5.69 Å². The van der Waals surface area contributed by atoms with Crippen LogP contribution in [0.3, 0.4) is 0 Å². The van der Waals surface area contributed by atoms with Gasteiger partial charge in [0.25, 0.3) is 0 Å². The van der Waals surface area contributed by atoms with E-state index >= 15 is 0 Å². The van der Waals surface area contributed by atoms with E-state index in [-0.39, 0.29) is 6.61 Å². The Morgan fingerprint density at radius 1 is 1.32 bits per heavy atom. The second-order valence-electron chi connectivity index (χ2n) is 4.54. The zero-order valence-corrected chi connectivity index (χ0v) is 9.91. The summed E-state index contributed by atoms with van der Waals surface area (Å²) >= 11 is 0. The van der Waals surface area contributed by atoms with Crippen LogP contribution in [0.25, 0.3) is 11.4 Å². The number of fused-ring (bicyclic) bond motifs is 3. The van der Waals surface area contributed by atoms with Crippen LogP contribution in [0.4, 0.5) is 13.2 Å². The maximum absolute atomic E-state index is 12.7. The highest BCUT2D eigenvalue weighted by molar-refractivity contribution is 5.63. The van der Waals surface area contributed by atoms with E-state index in [4.69, 9.17) is 5.11 Å². The Labute approximate surface area is 107 Å². The van der Waals surface area contributed by atoms with Gasteiger partial charge in [0, 0.05) is 18.3 Å². The molecule has 1 aliphatic heterocycles. The van der Waals surface area contributed by atoms with E-state index in [0.717, 1.165) is 17.3 Å². The summed E-state index contributed by atoms with van der Waals surface area (Å²) in [5.74, 6) is 0.345. The number of aliphatic hydroxyl groups is 1. The number of imidazole rings is 1. The molecule has 6 heteroatoms. The molecule has 2 heterocycles. The molecule has 0 radical (unpaired) electrons. The standard InChI is InChI=1S/C13H11F3N2O/c14-13(15,16)11-6-18-4-3-9-5-8(7-19)1-2-10(9)12(18)17-11/h1-2,5-6,19H,3-4,7H2. The molecule has 0 amide bonds. The van der Waals surface area contributed by atoms with Crippen LogP contribution in [0.15, 0.2) is 24.4 Å². The fourth-order valence-corrected chi connectivity index (χ4v) is 2.35. The maximum Gasteiger partial charge on any atom is 0.434 e. The van der Waals surface area contributed by atoms with E-state index < -0.39 is 11.9 Å². The fourth-order valence-electron chi connectivity index (χ4n) is 2.35. The van der Waals surface area contributed by atoms with E-state index in [1.54, 1.807) is 12.1 Å². The van der Waals surface area contributed by atoms with Crippen molar-refractivity contribution in [2.24, 2.45) is 0 Å². The molecule has 0 bridgehead atoms. The fraction of sp³-hybridized carbons (Fsp3) is 0.308. The summed E-state index contributed by atoms with van der Waals surface area (Å²) in [5, 5.41) is 9.08. The third kappa shape index (κ3) is 2.02. The highest BCUT2D eigenvalue weighted by atomic mass is 19.4. The van der Waals surface area contributed by atoms with Crippen LogP contribution in [0.5, 0.6) is 0 Å². The molecule has 0 spiro atoms. The summed E-state index contributed by atoms with van der Waals surface area (Å²) in [5.41, 5.74) is 1.54. The van der Waals surface area contributed by atoms with Gasteiger partial charge in [-0.15, -0.1) is 0 Å². The van der Waals surface area contributed by atoms with E-state index in [9.17, 15) is 13.2 Å². The predicted molar refractivity (Wildman–Crippen MR) is 62.3 cm³/mol. The summed E-state index contributed by atoms with van der Waals surface area (Å²) in [6.07, 6.45) is -2.72. The monoisotopic (exact) mass is 268 g/mol. The van der Waals surface area contributed by atoms with Gasteiger partial charge in [-0.3, -0.25) is 0 Å². The average Bonchev–Trinajstić information content (AvgIpc) is 2.82. The van der Waals surface area contributed by atoms with Crippen LogP contribution >= 0.6 is 0 Å². The van der Waals surface area contributed by atoms with Crippen molar-refractivity contribution in [3.63, 3.8) is 0 Å². The number of aromatic nitrogens is 2. The lowest BCUT2D eigenvalue weighted by molar-refractivity contribution is -0.140. The Kier molecular flexibility index (Phi) is 2.63. The molecule has 0 aliphatic carbocycles.